The van der Waals surface area contributed by atoms with Crippen molar-refractivity contribution in [3.63, 3.8) is 0 Å². The van der Waals surface area contributed by atoms with Gasteiger partial charge in [0, 0.05) is 34.1 Å². The Kier molecular flexibility index (Phi) is 151. The van der Waals surface area contributed by atoms with Gasteiger partial charge in [-0.1, -0.05) is 0 Å². The molecular formula is C4H20Fe2O9+4. The van der Waals surface area contributed by atoms with Crippen molar-refractivity contribution in [3.8, 4) is 0 Å². The van der Waals surface area contributed by atoms with E-state index in [9.17, 15) is 9.59 Å². The van der Waals surface area contributed by atoms with Crippen molar-refractivity contribution in [2.45, 2.75) is 12.8 Å². The Bertz CT molecular complexity index is 105. The van der Waals surface area contributed by atoms with E-state index < -0.39 is 11.9 Å². The number of carboxylic acids is 2. The van der Waals surface area contributed by atoms with Crippen molar-refractivity contribution in [3.05, 3.63) is 0 Å². The molecule has 0 fully saturated rings. The van der Waals surface area contributed by atoms with E-state index in [1.165, 1.54) is 0 Å². The Hall–Kier alpha value is -0.221. The first-order valence-corrected chi connectivity index (χ1v) is 2.06. The summed E-state index contributed by atoms with van der Waals surface area (Å²) in [5.41, 5.74) is 0. The van der Waals surface area contributed by atoms with E-state index in [0.717, 1.165) is 0 Å². The molecular weight excluding hydrogens is 304 g/mol. The van der Waals surface area contributed by atoms with Crippen LogP contribution in [-0.4, -0.2) is 27.6 Å². The summed E-state index contributed by atoms with van der Waals surface area (Å²) in [6, 6.07) is 0. The Morgan fingerprint density at radius 2 is 0.867 bits per heavy atom. The number of carboxylic acid groups (broad SMARTS) is 2. The molecule has 0 aliphatic rings. The zero-order chi connectivity index (χ0) is 6.57. The van der Waals surface area contributed by atoms with Crippen molar-refractivity contribution in [1.29, 1.82) is 0 Å². The van der Waals surface area contributed by atoms with E-state index in [1.54, 1.807) is 0 Å². The van der Waals surface area contributed by atoms with Crippen LogP contribution in [0.4, 0.5) is 0 Å². The standard InChI is InChI=1S/C4H6O4.2Fe.5H2O/c5-3(6)1-2-4(7)8;;;;;;;/h1-2H2,(H,5,6)(H,7,8);;;5*1H2/p+4. The Morgan fingerprint density at radius 3 is 0.933 bits per heavy atom. The van der Waals surface area contributed by atoms with Gasteiger partial charge in [0.1, 0.15) is 0 Å². The smallest absolute Gasteiger partial charge is 0.303 e. The molecule has 0 unspecified atom stereocenters. The molecule has 0 radical (unpaired) electrons. The molecule has 0 spiro atoms. The number of carbonyl (C=O) groups is 2. The first-order chi connectivity index (χ1) is 3.63. The molecule has 11 heteroatoms. The van der Waals surface area contributed by atoms with Crippen LogP contribution in [0, 0.1) is 0 Å². The van der Waals surface area contributed by atoms with Crippen LogP contribution in [0.3, 0.4) is 0 Å². The predicted molar refractivity (Wildman–Crippen MR) is 47.6 cm³/mol. The van der Waals surface area contributed by atoms with Crippen LogP contribution in [0.5, 0.6) is 0 Å². The summed E-state index contributed by atoms with van der Waals surface area (Å²) in [4.78, 5) is 19.3. The van der Waals surface area contributed by atoms with Gasteiger partial charge in [-0.3, -0.25) is 9.59 Å². The van der Waals surface area contributed by atoms with Gasteiger partial charge in [-0.05, 0) is 0 Å². The number of hydrogen-bond acceptors (Lipinski definition) is 2. The van der Waals surface area contributed by atoms with E-state index in [4.69, 9.17) is 10.2 Å². The summed E-state index contributed by atoms with van der Waals surface area (Å²) in [6.07, 6.45) is -0.593. The largest absolute Gasteiger partial charge is 0.481 e. The van der Waals surface area contributed by atoms with Crippen molar-refractivity contribution in [2.24, 2.45) is 0 Å². The third-order valence-corrected chi connectivity index (χ3v) is 0.553. The van der Waals surface area contributed by atoms with Crippen LogP contribution in [-0.2, 0) is 65.6 Å². The average Bonchev–Trinajstić information content (AvgIpc) is 1.61. The quantitative estimate of drug-likeness (QED) is 0.384. The summed E-state index contributed by atoms with van der Waals surface area (Å²) < 4.78 is 0. The number of hydrogen-bond donors (Lipinski definition) is 2. The first-order valence-electron chi connectivity index (χ1n) is 2.06. The van der Waals surface area contributed by atoms with Crippen LogP contribution in [0.2, 0.25) is 0 Å². The van der Waals surface area contributed by atoms with Crippen LogP contribution in [0.25, 0.3) is 0 Å². The van der Waals surface area contributed by atoms with Gasteiger partial charge in [-0.15, -0.1) is 0 Å². The van der Waals surface area contributed by atoms with Gasteiger partial charge >= 0.3 is 11.9 Å². The molecule has 0 heterocycles. The average molecular weight is 324 g/mol. The first kappa shape index (κ1) is 61.1. The molecule has 0 aliphatic heterocycles. The molecule has 102 valence electrons. The summed E-state index contributed by atoms with van der Waals surface area (Å²) in [5, 5.41) is 15.8. The van der Waals surface area contributed by atoms with Crippen molar-refractivity contribution < 1.29 is 81.3 Å². The minimum Gasteiger partial charge on any atom is -0.481 e. The second-order valence-electron chi connectivity index (χ2n) is 1.29. The zero-order valence-electron chi connectivity index (χ0n) is 7.64. The molecule has 15 heavy (non-hydrogen) atoms. The Labute approximate surface area is 106 Å². The van der Waals surface area contributed by atoms with Gasteiger partial charge in [-0.2, -0.15) is 0 Å². The molecule has 16 N–H and O–H groups in total. The van der Waals surface area contributed by atoms with Gasteiger partial charge in [0.05, 0.1) is 12.8 Å². The van der Waals surface area contributed by atoms with Gasteiger partial charge in [0.2, 0.25) is 0 Å². The van der Waals surface area contributed by atoms with Crippen LogP contribution >= 0.6 is 0 Å². The van der Waals surface area contributed by atoms with E-state index in [1.807, 2.05) is 0 Å². The van der Waals surface area contributed by atoms with Crippen molar-refractivity contribution >= 4 is 11.9 Å². The summed E-state index contributed by atoms with van der Waals surface area (Å²) >= 11 is 0. The second kappa shape index (κ2) is 37.2. The SMILES string of the molecule is O.O=C(O)CCC(=O)O.[Fe].[Fe].[OH3+].[OH3+].[OH3+].[OH3+]. The number of aliphatic carboxylic acids is 2. The topological polar surface area (TPSA) is 238 Å². The minimum absolute atomic E-state index is 0. The fourth-order valence-electron chi connectivity index (χ4n) is 0.214. The van der Waals surface area contributed by atoms with Gasteiger partial charge in [0.15, 0.2) is 0 Å². The summed E-state index contributed by atoms with van der Waals surface area (Å²) in [5.74, 6) is -2.15. The molecule has 0 amide bonds. The fourth-order valence-corrected chi connectivity index (χ4v) is 0.214. The maximum atomic E-state index is 9.64. The second-order valence-corrected chi connectivity index (χ2v) is 1.29. The Morgan fingerprint density at radius 1 is 0.733 bits per heavy atom. The van der Waals surface area contributed by atoms with Gasteiger partial charge in [0.25, 0.3) is 0 Å². The molecule has 0 aromatic rings. The molecule has 0 bridgehead atoms. The Balaban J connectivity index is -0.0000000117. The molecule has 0 aromatic carbocycles. The summed E-state index contributed by atoms with van der Waals surface area (Å²) in [6.45, 7) is 0. The third-order valence-electron chi connectivity index (χ3n) is 0.553. The van der Waals surface area contributed by atoms with Gasteiger partial charge in [-0.25, -0.2) is 0 Å². The third kappa shape index (κ3) is 83.7. The van der Waals surface area contributed by atoms with Crippen molar-refractivity contribution in [2.75, 3.05) is 0 Å². The molecule has 0 saturated carbocycles. The zero-order valence-corrected chi connectivity index (χ0v) is 9.85. The van der Waals surface area contributed by atoms with E-state index >= 15 is 0 Å². The van der Waals surface area contributed by atoms with E-state index in [0.29, 0.717) is 0 Å². The normalized spacial score (nSPS) is 4.53. The van der Waals surface area contributed by atoms with Crippen LogP contribution in [0.1, 0.15) is 12.8 Å². The van der Waals surface area contributed by atoms with E-state index in [-0.39, 0.29) is 74.4 Å². The minimum atomic E-state index is -1.08. The molecule has 0 saturated heterocycles. The molecule has 9 nitrogen and oxygen atoms in total. The van der Waals surface area contributed by atoms with E-state index in [2.05, 4.69) is 0 Å². The maximum absolute atomic E-state index is 9.64. The predicted octanol–water partition coefficient (Wildman–Crippen LogP) is -4.58. The molecule has 0 aliphatic carbocycles. The van der Waals surface area contributed by atoms with Crippen molar-refractivity contribution in [1.82, 2.24) is 0 Å². The van der Waals surface area contributed by atoms with Crippen LogP contribution < -0.4 is 0 Å². The molecule has 0 aromatic heterocycles. The molecule has 0 atom stereocenters. The number of rotatable bonds is 3. The maximum Gasteiger partial charge on any atom is 0.303 e. The molecule has 0 rings (SSSR count). The van der Waals surface area contributed by atoms with Crippen LogP contribution in [0.15, 0.2) is 0 Å². The van der Waals surface area contributed by atoms with Gasteiger partial charge < -0.3 is 37.6 Å². The fraction of sp³-hybridized carbons (Fsp3) is 0.500. The monoisotopic (exact) mass is 324 g/mol. The summed E-state index contributed by atoms with van der Waals surface area (Å²) in [7, 11) is 0.